The van der Waals surface area contributed by atoms with Gasteiger partial charge in [0.15, 0.2) is 11.6 Å². The van der Waals surface area contributed by atoms with Gasteiger partial charge in [-0.15, -0.1) is 0 Å². The molecule has 2 unspecified atom stereocenters. The molecule has 2 aromatic rings. The Kier molecular flexibility index (Phi) is 5.29. The molecule has 0 bridgehead atoms. The second-order valence-electron chi connectivity index (χ2n) is 10.2. The number of ether oxygens (including phenoxy) is 2. The first kappa shape index (κ1) is 21.3. The number of nitrogens with two attached hydrogens (primary N) is 1. The van der Waals surface area contributed by atoms with Crippen LogP contribution in [0.3, 0.4) is 0 Å². The first-order valence-corrected chi connectivity index (χ1v) is 12.1. The van der Waals surface area contributed by atoms with Crippen molar-refractivity contribution >= 4 is 5.82 Å². The molecule has 6 rings (SSSR count). The summed E-state index contributed by atoms with van der Waals surface area (Å²) in [5, 5.41) is 4.88. The van der Waals surface area contributed by atoms with E-state index in [4.69, 9.17) is 15.6 Å². The molecule has 3 heterocycles. The van der Waals surface area contributed by atoms with E-state index in [2.05, 4.69) is 25.4 Å². The van der Waals surface area contributed by atoms with Crippen molar-refractivity contribution in [3.63, 3.8) is 0 Å². The quantitative estimate of drug-likeness (QED) is 0.648. The van der Waals surface area contributed by atoms with Crippen LogP contribution < -0.4 is 10.5 Å². The molecule has 0 radical (unpaired) electrons. The van der Waals surface area contributed by atoms with E-state index in [1.807, 2.05) is 7.11 Å². The summed E-state index contributed by atoms with van der Waals surface area (Å²) in [4.78, 5) is 6.68. The molecule has 7 nitrogen and oxygen atoms in total. The molecule has 1 saturated heterocycles. The van der Waals surface area contributed by atoms with Gasteiger partial charge in [-0.25, -0.2) is 4.98 Å². The Labute approximate surface area is 192 Å². The SMILES string of the molecule is CO[C@H]1CCN(C2C[C@@H]3C(c4cc(-c5cnc(N)c(OC(F)F)c5)nn4CC4CC4)[C@@H]3C2)C1. The number of hydrogen-bond donors (Lipinski definition) is 1. The Hall–Kier alpha value is -2.26. The van der Waals surface area contributed by atoms with Gasteiger partial charge in [-0.2, -0.15) is 13.9 Å². The van der Waals surface area contributed by atoms with Gasteiger partial charge in [0, 0.05) is 56.2 Å². The molecule has 2 aromatic heterocycles. The highest BCUT2D eigenvalue weighted by atomic mass is 19.3. The molecule has 33 heavy (non-hydrogen) atoms. The molecule has 1 aliphatic heterocycles. The predicted octanol–water partition coefficient (Wildman–Crippen LogP) is 3.75. The van der Waals surface area contributed by atoms with Gasteiger partial charge in [0.1, 0.15) is 0 Å². The Morgan fingerprint density at radius 2 is 1.97 bits per heavy atom. The van der Waals surface area contributed by atoms with Gasteiger partial charge in [0.2, 0.25) is 0 Å². The minimum Gasteiger partial charge on any atom is -0.431 e. The normalized spacial score (nSPS) is 31.3. The van der Waals surface area contributed by atoms with Crippen molar-refractivity contribution in [2.24, 2.45) is 17.8 Å². The molecular formula is C24H31F2N5O2. The molecule has 0 amide bonds. The second-order valence-corrected chi connectivity index (χ2v) is 10.2. The van der Waals surface area contributed by atoms with Crippen molar-refractivity contribution < 1.29 is 18.3 Å². The number of rotatable bonds is 8. The summed E-state index contributed by atoms with van der Waals surface area (Å²) in [6.45, 7) is 0.187. The smallest absolute Gasteiger partial charge is 0.387 e. The number of methoxy groups -OCH3 is 1. The topological polar surface area (TPSA) is 78.4 Å². The summed E-state index contributed by atoms with van der Waals surface area (Å²) in [7, 11) is 1.81. The number of pyridine rings is 1. The Balaban J connectivity index is 1.21. The van der Waals surface area contributed by atoms with Crippen LogP contribution in [-0.2, 0) is 11.3 Å². The third-order valence-electron chi connectivity index (χ3n) is 8.12. The minimum absolute atomic E-state index is 0.0444. The highest BCUT2D eigenvalue weighted by molar-refractivity contribution is 5.64. The van der Waals surface area contributed by atoms with Gasteiger partial charge < -0.3 is 15.2 Å². The third-order valence-corrected chi connectivity index (χ3v) is 8.12. The van der Waals surface area contributed by atoms with Crippen LogP contribution in [0.4, 0.5) is 14.6 Å². The van der Waals surface area contributed by atoms with Gasteiger partial charge in [-0.1, -0.05) is 0 Å². The Morgan fingerprint density at radius 3 is 2.64 bits per heavy atom. The largest absolute Gasteiger partial charge is 0.431 e. The molecule has 4 fully saturated rings. The summed E-state index contributed by atoms with van der Waals surface area (Å²) >= 11 is 0. The van der Waals surface area contributed by atoms with E-state index in [0.717, 1.165) is 31.7 Å². The molecule has 4 aliphatic rings. The van der Waals surface area contributed by atoms with Crippen LogP contribution in [0, 0.1) is 17.8 Å². The highest BCUT2D eigenvalue weighted by Crippen LogP contribution is 2.64. The number of likely N-dealkylation sites (tertiary alicyclic amines) is 1. The van der Waals surface area contributed by atoms with E-state index in [1.54, 1.807) is 6.20 Å². The number of halogens is 2. The molecule has 0 aromatic carbocycles. The fourth-order valence-corrected chi connectivity index (χ4v) is 6.14. The molecule has 5 atom stereocenters. The Morgan fingerprint density at radius 1 is 1.18 bits per heavy atom. The molecule has 3 aliphatic carbocycles. The summed E-state index contributed by atoms with van der Waals surface area (Å²) in [6.07, 6.45) is 8.09. The average molecular weight is 460 g/mol. The van der Waals surface area contributed by atoms with E-state index in [9.17, 15) is 8.78 Å². The van der Waals surface area contributed by atoms with Gasteiger partial charge >= 0.3 is 6.61 Å². The van der Waals surface area contributed by atoms with Crippen molar-refractivity contribution in [3.05, 3.63) is 24.0 Å². The van der Waals surface area contributed by atoms with Crippen LogP contribution in [0.2, 0.25) is 0 Å². The lowest BCUT2D eigenvalue weighted by atomic mass is 10.0. The number of anilines is 1. The van der Waals surface area contributed by atoms with Crippen molar-refractivity contribution in [2.45, 2.75) is 63.3 Å². The van der Waals surface area contributed by atoms with Crippen molar-refractivity contribution in [2.75, 3.05) is 25.9 Å². The zero-order chi connectivity index (χ0) is 22.7. The summed E-state index contributed by atoms with van der Waals surface area (Å²) in [5.41, 5.74) is 8.41. The zero-order valence-electron chi connectivity index (χ0n) is 18.9. The number of fused-ring (bicyclic) bond motifs is 1. The lowest BCUT2D eigenvalue weighted by molar-refractivity contribution is -0.0494. The van der Waals surface area contributed by atoms with E-state index in [0.29, 0.717) is 41.4 Å². The third kappa shape index (κ3) is 4.10. The number of aromatic nitrogens is 3. The summed E-state index contributed by atoms with van der Waals surface area (Å²) in [6, 6.07) is 4.33. The second kappa shape index (κ2) is 8.20. The van der Waals surface area contributed by atoms with Gasteiger partial charge in [0.05, 0.1) is 11.8 Å². The molecule has 3 saturated carbocycles. The molecule has 178 valence electrons. The van der Waals surface area contributed by atoms with Gasteiger partial charge in [-0.05, 0) is 62.0 Å². The highest BCUT2D eigenvalue weighted by Gasteiger charge is 2.59. The number of nitrogen functional groups attached to an aromatic ring is 1. The first-order valence-electron chi connectivity index (χ1n) is 12.1. The van der Waals surface area contributed by atoms with Crippen molar-refractivity contribution in [1.29, 1.82) is 0 Å². The predicted molar refractivity (Wildman–Crippen MR) is 119 cm³/mol. The lowest BCUT2D eigenvalue weighted by Crippen LogP contribution is -2.33. The number of alkyl halides is 2. The monoisotopic (exact) mass is 459 g/mol. The minimum atomic E-state index is -2.94. The fraction of sp³-hybridized carbons (Fsp3) is 0.667. The fourth-order valence-electron chi connectivity index (χ4n) is 6.14. The van der Waals surface area contributed by atoms with Gasteiger partial charge in [-0.3, -0.25) is 9.58 Å². The maximum atomic E-state index is 12.7. The van der Waals surface area contributed by atoms with E-state index >= 15 is 0 Å². The van der Waals surface area contributed by atoms with E-state index in [1.165, 1.54) is 37.4 Å². The standard InChI is InChI=1S/C24H31F2N5O2/c1-32-16-4-5-30(12-16)15-7-17-18(8-15)22(17)20-9-19(29-31(20)11-13-2-3-13)14-6-21(33-24(25)26)23(27)28-10-14/h6,9-10,13,15-18,22,24H,2-5,7-8,11-12H2,1H3,(H2,27,28)/t15?,16-,17-,18+,22?/m0/s1. The van der Waals surface area contributed by atoms with Crippen molar-refractivity contribution in [3.8, 4) is 17.0 Å². The summed E-state index contributed by atoms with van der Waals surface area (Å²) < 4.78 is 37.8. The first-order chi connectivity index (χ1) is 16.0. The van der Waals surface area contributed by atoms with Crippen LogP contribution in [0.25, 0.3) is 11.3 Å². The Bertz CT molecular complexity index is 1010. The maximum absolute atomic E-state index is 12.7. The van der Waals surface area contributed by atoms with Gasteiger partial charge in [0.25, 0.3) is 0 Å². The molecule has 0 spiro atoms. The van der Waals surface area contributed by atoms with E-state index < -0.39 is 6.61 Å². The van der Waals surface area contributed by atoms with Crippen LogP contribution in [0.15, 0.2) is 18.3 Å². The van der Waals surface area contributed by atoms with Crippen LogP contribution in [0.1, 0.15) is 43.7 Å². The van der Waals surface area contributed by atoms with Crippen LogP contribution >= 0.6 is 0 Å². The van der Waals surface area contributed by atoms with Crippen LogP contribution in [-0.4, -0.2) is 58.6 Å². The zero-order valence-corrected chi connectivity index (χ0v) is 18.9. The van der Waals surface area contributed by atoms with Crippen molar-refractivity contribution in [1.82, 2.24) is 19.7 Å². The lowest BCUT2D eigenvalue weighted by Gasteiger charge is -2.26. The molecular weight excluding hydrogens is 428 g/mol. The average Bonchev–Trinajstić information content (AvgIpc) is 3.50. The maximum Gasteiger partial charge on any atom is 0.387 e. The molecule has 2 N–H and O–H groups in total. The number of hydrogen-bond acceptors (Lipinski definition) is 6. The van der Waals surface area contributed by atoms with Crippen LogP contribution in [0.5, 0.6) is 5.75 Å². The van der Waals surface area contributed by atoms with E-state index in [-0.39, 0.29) is 11.6 Å². The molecule has 9 heteroatoms. The summed E-state index contributed by atoms with van der Waals surface area (Å²) in [5.74, 6) is 2.51. The number of nitrogens with zero attached hydrogens (tertiary/aromatic N) is 4.